The van der Waals surface area contributed by atoms with Gasteiger partial charge in [0.1, 0.15) is 0 Å². The van der Waals surface area contributed by atoms with Gasteiger partial charge in [0, 0.05) is 12.2 Å². The molecule has 2 aromatic rings. The molecule has 0 bridgehead atoms. The number of hydrogen-bond acceptors (Lipinski definition) is 4. The number of methoxy groups -OCH3 is 2. The molecule has 1 aromatic carbocycles. The first-order valence-electron chi connectivity index (χ1n) is 6.12. The molecule has 5 nitrogen and oxygen atoms in total. The van der Waals surface area contributed by atoms with E-state index in [9.17, 15) is 0 Å². The summed E-state index contributed by atoms with van der Waals surface area (Å²) in [6, 6.07) is 5.76. The van der Waals surface area contributed by atoms with E-state index in [-0.39, 0.29) is 12.4 Å². The van der Waals surface area contributed by atoms with Crippen molar-refractivity contribution >= 4 is 12.4 Å². The largest absolute Gasteiger partial charge is 0.493 e. The van der Waals surface area contributed by atoms with Crippen molar-refractivity contribution in [3.8, 4) is 22.8 Å². The van der Waals surface area contributed by atoms with Crippen LogP contribution < -0.4 is 9.47 Å². The Morgan fingerprint density at radius 1 is 1.15 bits per heavy atom. The molecule has 2 rings (SSSR count). The van der Waals surface area contributed by atoms with Crippen LogP contribution in [-0.2, 0) is 11.3 Å². The van der Waals surface area contributed by atoms with Gasteiger partial charge in [-0.25, -0.2) is 4.98 Å². The van der Waals surface area contributed by atoms with Gasteiger partial charge in [-0.1, -0.05) is 0 Å². The summed E-state index contributed by atoms with van der Waals surface area (Å²) in [6.07, 6.45) is 1.67. The molecule has 0 fully saturated rings. The van der Waals surface area contributed by atoms with Gasteiger partial charge in [0.2, 0.25) is 0 Å². The van der Waals surface area contributed by atoms with E-state index in [2.05, 4.69) is 9.97 Å². The maximum absolute atomic E-state index is 5.40. The van der Waals surface area contributed by atoms with Crippen molar-refractivity contribution in [2.24, 2.45) is 0 Å². The smallest absolute Gasteiger partial charge is 0.161 e. The van der Waals surface area contributed by atoms with Crippen LogP contribution in [0.2, 0.25) is 0 Å². The predicted molar refractivity (Wildman–Crippen MR) is 79.7 cm³/mol. The molecule has 0 saturated heterocycles. The van der Waals surface area contributed by atoms with E-state index in [0.717, 1.165) is 17.0 Å². The molecule has 1 aromatic heterocycles. The highest BCUT2D eigenvalue weighted by Gasteiger charge is 2.11. The van der Waals surface area contributed by atoms with Gasteiger partial charge in [0.25, 0.3) is 0 Å². The summed E-state index contributed by atoms with van der Waals surface area (Å²) < 4.78 is 15.9. The molecule has 0 aliphatic carbocycles. The number of nitrogens with zero attached hydrogens (tertiary/aromatic N) is 1. The van der Waals surface area contributed by atoms with Crippen LogP contribution in [0.25, 0.3) is 11.3 Å². The fourth-order valence-electron chi connectivity index (χ4n) is 1.87. The quantitative estimate of drug-likeness (QED) is 0.890. The standard InChI is InChI=1S/C14H18N2O3.ClH/c1-4-19-8-11-14(16-9-15-11)10-5-6-12(17-2)13(7-10)18-3;/h5-7,9H,4,8H2,1-3H3,(H,15,16);1H. The second-order valence-corrected chi connectivity index (χ2v) is 3.93. The minimum atomic E-state index is 0. The fraction of sp³-hybridized carbons (Fsp3) is 0.357. The van der Waals surface area contributed by atoms with Crippen LogP contribution >= 0.6 is 12.4 Å². The fourth-order valence-corrected chi connectivity index (χ4v) is 1.87. The van der Waals surface area contributed by atoms with Gasteiger partial charge in [0.05, 0.1) is 38.5 Å². The topological polar surface area (TPSA) is 56.4 Å². The first kappa shape index (κ1) is 16.3. The number of rotatable bonds is 6. The number of imidazole rings is 1. The van der Waals surface area contributed by atoms with Gasteiger partial charge in [-0.15, -0.1) is 12.4 Å². The lowest BCUT2D eigenvalue weighted by atomic mass is 10.1. The lowest BCUT2D eigenvalue weighted by molar-refractivity contribution is 0.132. The van der Waals surface area contributed by atoms with Crippen molar-refractivity contribution < 1.29 is 14.2 Å². The van der Waals surface area contributed by atoms with E-state index in [1.54, 1.807) is 20.5 Å². The Labute approximate surface area is 124 Å². The SMILES string of the molecule is CCOCc1nc[nH]c1-c1ccc(OC)c(OC)c1.Cl. The number of halogens is 1. The van der Waals surface area contributed by atoms with Crippen LogP contribution in [0.3, 0.4) is 0 Å². The minimum Gasteiger partial charge on any atom is -0.493 e. The van der Waals surface area contributed by atoms with E-state index in [4.69, 9.17) is 14.2 Å². The zero-order valence-electron chi connectivity index (χ0n) is 11.8. The maximum atomic E-state index is 5.40. The molecule has 0 amide bonds. The molecule has 0 saturated carbocycles. The molecule has 0 unspecified atom stereocenters. The third kappa shape index (κ3) is 3.43. The summed E-state index contributed by atoms with van der Waals surface area (Å²) >= 11 is 0. The van der Waals surface area contributed by atoms with Crippen LogP contribution in [0, 0.1) is 0 Å². The summed E-state index contributed by atoms with van der Waals surface area (Å²) in [7, 11) is 3.24. The summed E-state index contributed by atoms with van der Waals surface area (Å²) in [4.78, 5) is 7.41. The first-order valence-corrected chi connectivity index (χ1v) is 6.12. The zero-order chi connectivity index (χ0) is 13.7. The summed E-state index contributed by atoms with van der Waals surface area (Å²) in [5.41, 5.74) is 2.81. The molecule has 0 atom stereocenters. The highest BCUT2D eigenvalue weighted by Crippen LogP contribution is 2.32. The molecule has 1 heterocycles. The van der Waals surface area contributed by atoms with E-state index in [1.807, 2.05) is 25.1 Å². The Kier molecular flexibility index (Phi) is 6.35. The third-order valence-corrected chi connectivity index (χ3v) is 2.83. The number of aromatic amines is 1. The summed E-state index contributed by atoms with van der Waals surface area (Å²) in [5.74, 6) is 1.40. The first-order chi connectivity index (χ1) is 9.30. The van der Waals surface area contributed by atoms with Gasteiger partial charge in [-0.05, 0) is 25.1 Å². The number of hydrogen-bond donors (Lipinski definition) is 1. The zero-order valence-corrected chi connectivity index (χ0v) is 12.6. The summed E-state index contributed by atoms with van der Waals surface area (Å²) in [5, 5.41) is 0. The van der Waals surface area contributed by atoms with Crippen LogP contribution in [0.4, 0.5) is 0 Å². The second-order valence-electron chi connectivity index (χ2n) is 3.93. The highest BCUT2D eigenvalue weighted by atomic mass is 35.5. The number of nitrogens with one attached hydrogen (secondary N) is 1. The lowest BCUT2D eigenvalue weighted by Crippen LogP contribution is -1.96. The number of aromatic nitrogens is 2. The average Bonchev–Trinajstić information content (AvgIpc) is 2.92. The number of H-pyrrole nitrogens is 1. The van der Waals surface area contributed by atoms with Crippen LogP contribution in [0.15, 0.2) is 24.5 Å². The molecule has 0 spiro atoms. The lowest BCUT2D eigenvalue weighted by Gasteiger charge is -2.09. The molecule has 0 aliphatic heterocycles. The average molecular weight is 299 g/mol. The van der Waals surface area contributed by atoms with E-state index in [1.165, 1.54) is 0 Å². The van der Waals surface area contributed by atoms with Crippen molar-refractivity contribution in [2.45, 2.75) is 13.5 Å². The Morgan fingerprint density at radius 3 is 2.55 bits per heavy atom. The van der Waals surface area contributed by atoms with E-state index in [0.29, 0.717) is 24.7 Å². The van der Waals surface area contributed by atoms with Gasteiger partial charge < -0.3 is 19.2 Å². The maximum Gasteiger partial charge on any atom is 0.161 e. The monoisotopic (exact) mass is 298 g/mol. The Morgan fingerprint density at radius 2 is 1.90 bits per heavy atom. The van der Waals surface area contributed by atoms with Gasteiger partial charge in [0.15, 0.2) is 11.5 Å². The number of ether oxygens (including phenoxy) is 3. The molecular formula is C14H19ClN2O3. The normalized spacial score (nSPS) is 9.95. The second kappa shape index (κ2) is 7.77. The molecule has 0 radical (unpaired) electrons. The molecule has 20 heavy (non-hydrogen) atoms. The summed E-state index contributed by atoms with van der Waals surface area (Å²) in [6.45, 7) is 3.12. The minimum absolute atomic E-state index is 0. The van der Waals surface area contributed by atoms with Gasteiger partial charge >= 0.3 is 0 Å². The van der Waals surface area contributed by atoms with E-state index >= 15 is 0 Å². The number of benzene rings is 1. The predicted octanol–water partition coefficient (Wildman–Crippen LogP) is 3.05. The van der Waals surface area contributed by atoms with Crippen LogP contribution in [0.1, 0.15) is 12.6 Å². The van der Waals surface area contributed by atoms with Crippen molar-refractivity contribution in [1.82, 2.24) is 9.97 Å². The molecule has 1 N–H and O–H groups in total. The Hall–Kier alpha value is -1.72. The van der Waals surface area contributed by atoms with Crippen molar-refractivity contribution in [3.63, 3.8) is 0 Å². The molecule has 110 valence electrons. The third-order valence-electron chi connectivity index (χ3n) is 2.83. The molecular weight excluding hydrogens is 280 g/mol. The van der Waals surface area contributed by atoms with Gasteiger partial charge in [-0.2, -0.15) is 0 Å². The highest BCUT2D eigenvalue weighted by molar-refractivity contribution is 5.85. The van der Waals surface area contributed by atoms with Crippen molar-refractivity contribution in [2.75, 3.05) is 20.8 Å². The van der Waals surface area contributed by atoms with E-state index < -0.39 is 0 Å². The van der Waals surface area contributed by atoms with Crippen LogP contribution in [0.5, 0.6) is 11.5 Å². The Bertz CT molecular complexity index is 543. The van der Waals surface area contributed by atoms with Crippen molar-refractivity contribution in [3.05, 3.63) is 30.2 Å². The van der Waals surface area contributed by atoms with Crippen molar-refractivity contribution in [1.29, 1.82) is 0 Å². The van der Waals surface area contributed by atoms with Gasteiger partial charge in [-0.3, -0.25) is 0 Å². The van der Waals surface area contributed by atoms with Crippen LogP contribution in [-0.4, -0.2) is 30.8 Å². The molecule has 0 aliphatic rings. The Balaban J connectivity index is 0.00000200. The molecule has 6 heteroatoms.